The van der Waals surface area contributed by atoms with Gasteiger partial charge in [0.25, 0.3) is 11.8 Å². The number of aromatic nitrogens is 1. The standard InChI is InChI=1S/C14H12BrClFN3O3/c1-20-6-8(15)4-11(20)14(22)19-18-13(21)7-23-12-3-2-9(17)5-10(12)16/h2-6H,7H2,1H3,(H,18,21)(H,19,22). The molecular formula is C14H12BrClFN3O3. The van der Waals surface area contributed by atoms with E-state index in [0.29, 0.717) is 5.69 Å². The first-order valence-corrected chi connectivity index (χ1v) is 7.53. The number of hydrogen-bond acceptors (Lipinski definition) is 3. The summed E-state index contributed by atoms with van der Waals surface area (Å²) in [5.74, 6) is -1.41. The van der Waals surface area contributed by atoms with Crippen molar-refractivity contribution in [3.05, 3.63) is 51.5 Å². The number of ether oxygens (including phenoxy) is 1. The Kier molecular flexibility index (Phi) is 5.62. The molecule has 6 nitrogen and oxygen atoms in total. The van der Waals surface area contributed by atoms with Crippen molar-refractivity contribution in [3.63, 3.8) is 0 Å². The number of benzene rings is 1. The average Bonchev–Trinajstić information content (AvgIpc) is 2.82. The third-order valence-corrected chi connectivity index (χ3v) is 3.50. The van der Waals surface area contributed by atoms with Gasteiger partial charge in [-0.3, -0.25) is 20.4 Å². The number of carbonyl (C=O) groups is 2. The lowest BCUT2D eigenvalue weighted by molar-refractivity contribution is -0.123. The molecule has 9 heteroatoms. The summed E-state index contributed by atoms with van der Waals surface area (Å²) in [4.78, 5) is 23.5. The number of hydrogen-bond donors (Lipinski definition) is 2. The van der Waals surface area contributed by atoms with E-state index >= 15 is 0 Å². The molecule has 2 N–H and O–H groups in total. The van der Waals surface area contributed by atoms with Crippen LogP contribution in [0.4, 0.5) is 4.39 Å². The predicted octanol–water partition coefficient (Wildman–Crippen LogP) is 2.42. The zero-order chi connectivity index (χ0) is 17.0. The summed E-state index contributed by atoms with van der Waals surface area (Å²) < 4.78 is 20.4. The molecule has 1 heterocycles. The zero-order valence-corrected chi connectivity index (χ0v) is 14.2. The molecule has 0 fully saturated rings. The highest BCUT2D eigenvalue weighted by Crippen LogP contribution is 2.24. The Morgan fingerprint density at radius 3 is 2.70 bits per heavy atom. The molecule has 0 atom stereocenters. The summed E-state index contributed by atoms with van der Waals surface area (Å²) in [5, 5.41) is 0.0514. The quantitative estimate of drug-likeness (QED) is 0.769. The number of halogens is 3. The van der Waals surface area contributed by atoms with Gasteiger partial charge in [-0.05, 0) is 40.2 Å². The predicted molar refractivity (Wildman–Crippen MR) is 85.6 cm³/mol. The Balaban J connectivity index is 1.83. The Morgan fingerprint density at radius 1 is 1.35 bits per heavy atom. The van der Waals surface area contributed by atoms with Crippen LogP contribution in [0.1, 0.15) is 10.5 Å². The molecule has 0 aliphatic carbocycles. The molecule has 0 aliphatic heterocycles. The normalized spacial score (nSPS) is 10.3. The summed E-state index contributed by atoms with van der Waals surface area (Å²) in [6.07, 6.45) is 1.70. The summed E-state index contributed by atoms with van der Waals surface area (Å²) in [6.45, 7) is -0.386. The van der Waals surface area contributed by atoms with Crippen LogP contribution < -0.4 is 15.6 Å². The summed E-state index contributed by atoms with van der Waals surface area (Å²) >= 11 is 9.01. The molecule has 122 valence electrons. The molecule has 0 bridgehead atoms. The van der Waals surface area contributed by atoms with E-state index in [1.807, 2.05) is 0 Å². The number of amides is 2. The van der Waals surface area contributed by atoms with Gasteiger partial charge in [0.15, 0.2) is 6.61 Å². The minimum Gasteiger partial charge on any atom is -0.482 e. The highest BCUT2D eigenvalue weighted by Gasteiger charge is 2.12. The first-order chi connectivity index (χ1) is 10.9. The molecule has 1 aromatic heterocycles. The van der Waals surface area contributed by atoms with Crippen LogP contribution >= 0.6 is 27.5 Å². The molecule has 2 rings (SSSR count). The lowest BCUT2D eigenvalue weighted by atomic mass is 10.3. The fourth-order valence-corrected chi connectivity index (χ4v) is 2.46. The lowest BCUT2D eigenvalue weighted by Crippen LogP contribution is -2.44. The number of hydrazine groups is 1. The third-order valence-electron chi connectivity index (χ3n) is 2.77. The lowest BCUT2D eigenvalue weighted by Gasteiger charge is -2.10. The highest BCUT2D eigenvalue weighted by molar-refractivity contribution is 9.10. The second-order valence-corrected chi connectivity index (χ2v) is 5.84. The number of rotatable bonds is 4. The van der Waals surface area contributed by atoms with Crippen LogP contribution in [0.5, 0.6) is 5.75 Å². The van der Waals surface area contributed by atoms with Crippen molar-refractivity contribution in [2.45, 2.75) is 0 Å². The van der Waals surface area contributed by atoms with Crippen LogP contribution in [0.2, 0.25) is 5.02 Å². The minimum atomic E-state index is -0.591. The number of aryl methyl sites for hydroxylation is 1. The van der Waals surface area contributed by atoms with Gasteiger partial charge in [0, 0.05) is 17.7 Å². The summed E-state index contributed by atoms with van der Waals surface area (Å²) in [6, 6.07) is 5.15. The van der Waals surface area contributed by atoms with Gasteiger partial charge in [0.05, 0.1) is 5.02 Å². The second-order valence-electron chi connectivity index (χ2n) is 4.52. The third kappa shape index (κ3) is 4.70. The monoisotopic (exact) mass is 403 g/mol. The molecule has 0 unspecified atom stereocenters. The van der Waals surface area contributed by atoms with E-state index in [9.17, 15) is 14.0 Å². The van der Waals surface area contributed by atoms with Gasteiger partial charge >= 0.3 is 0 Å². The fourth-order valence-electron chi connectivity index (χ4n) is 1.71. The first-order valence-electron chi connectivity index (χ1n) is 6.35. The molecule has 23 heavy (non-hydrogen) atoms. The molecule has 0 saturated carbocycles. The second kappa shape index (κ2) is 7.47. The molecule has 0 spiro atoms. The van der Waals surface area contributed by atoms with E-state index < -0.39 is 17.6 Å². The van der Waals surface area contributed by atoms with Crippen LogP contribution in [0.25, 0.3) is 0 Å². The van der Waals surface area contributed by atoms with Crippen LogP contribution in [-0.2, 0) is 11.8 Å². The molecule has 0 saturated heterocycles. The van der Waals surface area contributed by atoms with Gasteiger partial charge in [0.1, 0.15) is 17.3 Å². The van der Waals surface area contributed by atoms with Gasteiger partial charge in [-0.25, -0.2) is 4.39 Å². The molecule has 1 aromatic carbocycles. The molecule has 0 radical (unpaired) electrons. The Morgan fingerprint density at radius 2 is 2.09 bits per heavy atom. The van der Waals surface area contributed by atoms with E-state index in [1.54, 1.807) is 23.9 Å². The van der Waals surface area contributed by atoms with Crippen LogP contribution in [0.15, 0.2) is 34.9 Å². The molecule has 0 aliphatic rings. The first kappa shape index (κ1) is 17.3. The van der Waals surface area contributed by atoms with Crippen molar-refractivity contribution in [1.82, 2.24) is 15.4 Å². The summed E-state index contributed by atoms with van der Waals surface area (Å²) in [5.41, 5.74) is 4.83. The molecule has 2 aromatic rings. The zero-order valence-electron chi connectivity index (χ0n) is 11.9. The number of nitrogens with zero attached hydrogens (tertiary/aromatic N) is 1. The van der Waals surface area contributed by atoms with Crippen molar-refractivity contribution in [2.75, 3.05) is 6.61 Å². The van der Waals surface area contributed by atoms with E-state index in [1.165, 1.54) is 6.07 Å². The van der Waals surface area contributed by atoms with Crippen LogP contribution in [0, 0.1) is 5.82 Å². The molecular weight excluding hydrogens is 393 g/mol. The summed E-state index contributed by atoms with van der Waals surface area (Å²) in [7, 11) is 1.70. The SMILES string of the molecule is Cn1cc(Br)cc1C(=O)NNC(=O)COc1ccc(F)cc1Cl. The van der Waals surface area contributed by atoms with Crippen molar-refractivity contribution in [2.24, 2.45) is 7.05 Å². The maximum atomic E-state index is 12.9. The Bertz CT molecular complexity index is 751. The van der Waals surface area contributed by atoms with Crippen molar-refractivity contribution in [3.8, 4) is 5.75 Å². The van der Waals surface area contributed by atoms with E-state index in [4.69, 9.17) is 16.3 Å². The van der Waals surface area contributed by atoms with Gasteiger partial charge in [-0.15, -0.1) is 0 Å². The number of carbonyl (C=O) groups excluding carboxylic acids is 2. The van der Waals surface area contributed by atoms with E-state index in [-0.39, 0.29) is 17.4 Å². The Labute approximate surface area is 144 Å². The Hall–Kier alpha value is -2.06. The van der Waals surface area contributed by atoms with E-state index in [2.05, 4.69) is 26.8 Å². The smallest absolute Gasteiger partial charge is 0.286 e. The van der Waals surface area contributed by atoms with Gasteiger partial charge < -0.3 is 9.30 Å². The number of nitrogens with one attached hydrogen (secondary N) is 2. The van der Waals surface area contributed by atoms with Crippen LogP contribution in [0.3, 0.4) is 0 Å². The van der Waals surface area contributed by atoms with Gasteiger partial charge in [0.2, 0.25) is 0 Å². The van der Waals surface area contributed by atoms with E-state index in [0.717, 1.165) is 16.6 Å². The molecule has 2 amide bonds. The topological polar surface area (TPSA) is 72.4 Å². The largest absolute Gasteiger partial charge is 0.482 e. The maximum absolute atomic E-state index is 12.9. The van der Waals surface area contributed by atoms with Crippen molar-refractivity contribution in [1.29, 1.82) is 0 Å². The minimum absolute atomic E-state index is 0.0514. The van der Waals surface area contributed by atoms with Crippen molar-refractivity contribution >= 4 is 39.3 Å². The van der Waals surface area contributed by atoms with Crippen LogP contribution in [-0.4, -0.2) is 23.0 Å². The highest BCUT2D eigenvalue weighted by atomic mass is 79.9. The average molecular weight is 405 g/mol. The van der Waals surface area contributed by atoms with Gasteiger partial charge in [-0.2, -0.15) is 0 Å². The van der Waals surface area contributed by atoms with Crippen molar-refractivity contribution < 1.29 is 18.7 Å². The fraction of sp³-hybridized carbons (Fsp3) is 0.143. The maximum Gasteiger partial charge on any atom is 0.286 e. The van der Waals surface area contributed by atoms with Gasteiger partial charge in [-0.1, -0.05) is 11.6 Å².